The van der Waals surface area contributed by atoms with Crippen LogP contribution in [0.15, 0.2) is 36.5 Å². The number of ether oxygens (including phenoxy) is 1. The molecule has 7 nitrogen and oxygen atoms in total. The molecular weight excluding hydrogens is 248 g/mol. The lowest BCUT2D eigenvalue weighted by Crippen LogP contribution is -1.95. The molecule has 0 aliphatic heterocycles. The molecule has 0 saturated carbocycles. The number of nitrogen functional groups attached to an aromatic ring is 1. The van der Waals surface area contributed by atoms with Crippen molar-refractivity contribution >= 4 is 11.5 Å². The summed E-state index contributed by atoms with van der Waals surface area (Å²) in [6.07, 6.45) is 1.43. The number of rotatable bonds is 3. The summed E-state index contributed by atoms with van der Waals surface area (Å²) in [6.45, 7) is 0. The van der Waals surface area contributed by atoms with Crippen LogP contribution in [0.1, 0.15) is 5.56 Å². The van der Waals surface area contributed by atoms with Gasteiger partial charge in [0.1, 0.15) is 11.6 Å². The Morgan fingerprint density at radius 2 is 2.16 bits per heavy atom. The Kier molecular flexibility index (Phi) is 3.25. The second kappa shape index (κ2) is 5.01. The van der Waals surface area contributed by atoms with Crippen LogP contribution in [-0.2, 0) is 0 Å². The second-order valence-corrected chi connectivity index (χ2v) is 3.57. The van der Waals surface area contributed by atoms with Gasteiger partial charge in [0, 0.05) is 18.3 Å². The summed E-state index contributed by atoms with van der Waals surface area (Å²) in [5.74, 6) is 0.615. The fourth-order valence-corrected chi connectivity index (χ4v) is 1.43. The standard InChI is InChI=1S/C12H8N4O3/c13-7-8-1-2-11(10(5-8)16(17)18)19-9-3-4-15-12(14)6-9/h1-6H,(H2,14,15). The molecule has 2 N–H and O–H groups in total. The Bertz CT molecular complexity index is 679. The summed E-state index contributed by atoms with van der Waals surface area (Å²) in [7, 11) is 0. The van der Waals surface area contributed by atoms with E-state index in [0.717, 1.165) is 6.07 Å². The molecule has 0 fully saturated rings. The van der Waals surface area contributed by atoms with Crippen molar-refractivity contribution in [2.75, 3.05) is 5.73 Å². The fourth-order valence-electron chi connectivity index (χ4n) is 1.43. The van der Waals surface area contributed by atoms with Gasteiger partial charge in [-0.05, 0) is 18.2 Å². The van der Waals surface area contributed by atoms with Crippen LogP contribution in [0.4, 0.5) is 11.5 Å². The summed E-state index contributed by atoms with van der Waals surface area (Å²) in [6, 6.07) is 8.76. The molecule has 19 heavy (non-hydrogen) atoms. The molecule has 0 bridgehead atoms. The van der Waals surface area contributed by atoms with E-state index in [1.165, 1.54) is 30.5 Å². The van der Waals surface area contributed by atoms with Crippen molar-refractivity contribution in [2.45, 2.75) is 0 Å². The molecule has 0 unspecified atom stereocenters. The van der Waals surface area contributed by atoms with Crippen LogP contribution >= 0.6 is 0 Å². The largest absolute Gasteiger partial charge is 0.450 e. The van der Waals surface area contributed by atoms with E-state index in [4.69, 9.17) is 15.7 Å². The predicted molar refractivity (Wildman–Crippen MR) is 66.5 cm³/mol. The molecule has 1 aromatic heterocycles. The van der Waals surface area contributed by atoms with E-state index in [1.807, 2.05) is 6.07 Å². The average molecular weight is 256 g/mol. The van der Waals surface area contributed by atoms with E-state index in [0.29, 0.717) is 5.75 Å². The quantitative estimate of drug-likeness (QED) is 0.665. The minimum atomic E-state index is -0.610. The van der Waals surface area contributed by atoms with Gasteiger partial charge in [-0.25, -0.2) is 4.98 Å². The number of hydrogen-bond acceptors (Lipinski definition) is 6. The molecule has 0 aliphatic carbocycles. The molecule has 7 heteroatoms. The first-order chi connectivity index (χ1) is 9.10. The van der Waals surface area contributed by atoms with Crippen LogP contribution in [0, 0.1) is 21.4 Å². The molecule has 94 valence electrons. The highest BCUT2D eigenvalue weighted by Gasteiger charge is 2.16. The number of hydrogen-bond donors (Lipinski definition) is 1. The van der Waals surface area contributed by atoms with Gasteiger partial charge in [-0.1, -0.05) is 0 Å². The maximum Gasteiger partial charge on any atom is 0.312 e. The van der Waals surface area contributed by atoms with Crippen molar-refractivity contribution in [3.8, 4) is 17.6 Å². The molecule has 0 radical (unpaired) electrons. The molecule has 1 heterocycles. The summed E-state index contributed by atoms with van der Waals surface area (Å²) in [4.78, 5) is 14.1. The summed E-state index contributed by atoms with van der Waals surface area (Å²) < 4.78 is 5.38. The molecule has 0 saturated heterocycles. The Balaban J connectivity index is 2.40. The number of pyridine rings is 1. The monoisotopic (exact) mass is 256 g/mol. The zero-order chi connectivity index (χ0) is 13.8. The van der Waals surface area contributed by atoms with Crippen molar-refractivity contribution in [2.24, 2.45) is 0 Å². The highest BCUT2D eigenvalue weighted by molar-refractivity contribution is 5.53. The first kappa shape index (κ1) is 12.3. The van der Waals surface area contributed by atoms with Gasteiger partial charge < -0.3 is 10.5 Å². The van der Waals surface area contributed by atoms with Gasteiger partial charge in [0.05, 0.1) is 16.6 Å². The van der Waals surface area contributed by atoms with E-state index in [2.05, 4.69) is 4.98 Å². The van der Waals surface area contributed by atoms with Crippen LogP contribution in [0.2, 0.25) is 0 Å². The molecule has 0 atom stereocenters. The Morgan fingerprint density at radius 1 is 1.37 bits per heavy atom. The Morgan fingerprint density at radius 3 is 2.79 bits per heavy atom. The average Bonchev–Trinajstić information content (AvgIpc) is 2.39. The number of benzene rings is 1. The lowest BCUT2D eigenvalue weighted by atomic mass is 10.2. The van der Waals surface area contributed by atoms with Gasteiger partial charge in [-0.3, -0.25) is 10.1 Å². The summed E-state index contributed by atoms with van der Waals surface area (Å²) in [5.41, 5.74) is 5.39. The number of anilines is 1. The molecule has 0 amide bonds. The molecule has 0 aliphatic rings. The van der Waals surface area contributed by atoms with Crippen molar-refractivity contribution < 1.29 is 9.66 Å². The fraction of sp³-hybridized carbons (Fsp3) is 0. The van der Waals surface area contributed by atoms with Gasteiger partial charge in [0.2, 0.25) is 5.75 Å². The van der Waals surface area contributed by atoms with Gasteiger partial charge >= 0.3 is 5.69 Å². The van der Waals surface area contributed by atoms with Crippen molar-refractivity contribution in [3.05, 3.63) is 52.2 Å². The third-order valence-electron chi connectivity index (χ3n) is 2.27. The molecule has 0 spiro atoms. The maximum atomic E-state index is 10.9. The van der Waals surface area contributed by atoms with Gasteiger partial charge in [-0.15, -0.1) is 0 Å². The van der Waals surface area contributed by atoms with Crippen LogP contribution in [0.3, 0.4) is 0 Å². The van der Waals surface area contributed by atoms with Gasteiger partial charge in [0.25, 0.3) is 0 Å². The smallest absolute Gasteiger partial charge is 0.312 e. The topological polar surface area (TPSA) is 115 Å². The number of nitriles is 1. The SMILES string of the molecule is N#Cc1ccc(Oc2ccnc(N)c2)c([N+](=O)[O-])c1. The zero-order valence-electron chi connectivity index (χ0n) is 9.61. The highest BCUT2D eigenvalue weighted by atomic mass is 16.6. The van der Waals surface area contributed by atoms with Crippen molar-refractivity contribution in [1.82, 2.24) is 4.98 Å². The van der Waals surface area contributed by atoms with Crippen molar-refractivity contribution in [3.63, 3.8) is 0 Å². The molecule has 2 aromatic rings. The van der Waals surface area contributed by atoms with Gasteiger partial charge in [0.15, 0.2) is 0 Å². The third-order valence-corrected chi connectivity index (χ3v) is 2.27. The van der Waals surface area contributed by atoms with Crippen LogP contribution in [0.5, 0.6) is 11.5 Å². The number of nitrogens with two attached hydrogens (primary N) is 1. The molecule has 1 aromatic carbocycles. The molecule has 2 rings (SSSR count). The zero-order valence-corrected chi connectivity index (χ0v) is 9.61. The number of nitro benzene ring substituents is 1. The van der Waals surface area contributed by atoms with Crippen LogP contribution in [0.25, 0.3) is 0 Å². The highest BCUT2D eigenvalue weighted by Crippen LogP contribution is 2.32. The lowest BCUT2D eigenvalue weighted by molar-refractivity contribution is -0.385. The number of nitro groups is 1. The normalized spacial score (nSPS) is 9.63. The van der Waals surface area contributed by atoms with E-state index in [1.54, 1.807) is 0 Å². The van der Waals surface area contributed by atoms with Crippen LogP contribution in [-0.4, -0.2) is 9.91 Å². The first-order valence-electron chi connectivity index (χ1n) is 5.18. The number of nitrogens with zero attached hydrogens (tertiary/aromatic N) is 3. The Hall–Kier alpha value is -3.14. The minimum Gasteiger partial charge on any atom is -0.450 e. The summed E-state index contributed by atoms with van der Waals surface area (Å²) >= 11 is 0. The van der Waals surface area contributed by atoms with E-state index in [-0.39, 0.29) is 22.8 Å². The lowest BCUT2D eigenvalue weighted by Gasteiger charge is -2.06. The van der Waals surface area contributed by atoms with Gasteiger partial charge in [-0.2, -0.15) is 5.26 Å². The maximum absolute atomic E-state index is 10.9. The predicted octanol–water partition coefficient (Wildman–Crippen LogP) is 2.24. The van der Waals surface area contributed by atoms with Crippen LogP contribution < -0.4 is 10.5 Å². The van der Waals surface area contributed by atoms with E-state index < -0.39 is 4.92 Å². The van der Waals surface area contributed by atoms with E-state index in [9.17, 15) is 10.1 Å². The van der Waals surface area contributed by atoms with Crippen molar-refractivity contribution in [1.29, 1.82) is 5.26 Å². The third kappa shape index (κ3) is 2.76. The Labute approximate surface area is 108 Å². The first-order valence-corrected chi connectivity index (χ1v) is 5.18. The minimum absolute atomic E-state index is 0.0367. The molecular formula is C12H8N4O3. The summed E-state index contributed by atoms with van der Waals surface area (Å²) in [5, 5.41) is 19.6. The second-order valence-electron chi connectivity index (χ2n) is 3.57. The van der Waals surface area contributed by atoms with E-state index >= 15 is 0 Å². The number of aromatic nitrogens is 1.